The number of anilines is 1. The smallest absolute Gasteiger partial charge is 0.464 e. The van der Waals surface area contributed by atoms with E-state index in [1.54, 1.807) is 91.4 Å². The molecule has 3 heterocycles. The number of hydrogen-bond donors (Lipinski definition) is 13. The number of carbonyl (C=O) groups is 14. The van der Waals surface area contributed by atoms with Crippen molar-refractivity contribution in [1.82, 2.24) is 62.1 Å². The van der Waals surface area contributed by atoms with Crippen molar-refractivity contribution in [2.75, 3.05) is 132 Å². The summed E-state index contributed by atoms with van der Waals surface area (Å²) in [5.74, 6) is -10.6. The Labute approximate surface area is 788 Å². The zero-order valence-corrected chi connectivity index (χ0v) is 81.2. The maximum Gasteiger partial charge on any atom is 0.473 e. The quantitative estimate of drug-likeness (QED) is 0.0167. The van der Waals surface area contributed by atoms with Crippen LogP contribution in [0.4, 0.5) is 5.69 Å². The Morgan fingerprint density at radius 1 is 0.615 bits per heavy atom. The number of unbranched alkanes of at least 4 members (excludes halogenated alkanes) is 1. The summed E-state index contributed by atoms with van der Waals surface area (Å²) in [6.07, 6.45) is -0.701. The van der Waals surface area contributed by atoms with Gasteiger partial charge in [-0.3, -0.25) is 85.7 Å². The number of likely N-dealkylation sites (N-methyl/N-ethyl adjacent to an activating group) is 2. The Balaban J connectivity index is 1.02. The second-order valence-electron chi connectivity index (χ2n) is 34.5. The molecule has 2 fully saturated rings. The summed E-state index contributed by atoms with van der Waals surface area (Å²) >= 11 is 0. The number of carbonyl (C=O) groups excluding carboxylic acids is 14. The fourth-order valence-corrected chi connectivity index (χ4v) is 17.4. The Kier molecular flexibility index (Phi) is 48.9. The Hall–Kier alpha value is -9.88. The van der Waals surface area contributed by atoms with Crippen molar-refractivity contribution >= 4 is 104 Å². The fraction of sp³-hybridized carbons (Fsp3) is 0.626. The van der Waals surface area contributed by atoms with Crippen molar-refractivity contribution in [1.29, 1.82) is 0 Å². The Bertz CT molecular complexity index is 4450. The molecule has 3 aromatic carbocycles. The van der Waals surface area contributed by atoms with Crippen molar-refractivity contribution in [3.05, 3.63) is 114 Å². The van der Waals surface area contributed by atoms with Gasteiger partial charge < -0.3 is 111 Å². The molecule has 0 bridgehead atoms. The lowest BCUT2D eigenvalue weighted by molar-refractivity contribution is -0.148. The summed E-state index contributed by atoms with van der Waals surface area (Å²) in [5.41, 5.74) is 7.46. The number of nitrogens with two attached hydrogens (primary N) is 1. The van der Waals surface area contributed by atoms with Gasteiger partial charge in [0.1, 0.15) is 42.4 Å². The van der Waals surface area contributed by atoms with Crippen LogP contribution in [0.3, 0.4) is 0 Å². The van der Waals surface area contributed by atoms with Crippen LogP contribution < -0.4 is 53.6 Å². The Morgan fingerprint density at radius 3 is 1.79 bits per heavy atom. The molecule has 2 saturated heterocycles. The van der Waals surface area contributed by atoms with Crippen molar-refractivity contribution in [3.8, 4) is 0 Å². The number of rotatable bonds is 63. The summed E-state index contributed by atoms with van der Waals surface area (Å²) in [4.78, 5) is 226. The summed E-state index contributed by atoms with van der Waals surface area (Å²) in [6.45, 7) is 14.9. The van der Waals surface area contributed by atoms with Gasteiger partial charge in [0.05, 0.1) is 127 Å². The molecule has 3 aromatic rings. The molecule has 3 aliphatic heterocycles. The molecule has 0 aromatic heterocycles. The molecule has 3 aliphatic rings. The van der Waals surface area contributed by atoms with Gasteiger partial charge in [-0.15, -0.1) is 0 Å². The number of esters is 1. The lowest BCUT2D eigenvalue weighted by Crippen LogP contribution is -2.59. The van der Waals surface area contributed by atoms with E-state index in [4.69, 9.17) is 57.7 Å². The molecule has 0 aliphatic carbocycles. The van der Waals surface area contributed by atoms with Gasteiger partial charge in [0.25, 0.3) is 11.8 Å². The highest BCUT2D eigenvalue weighted by Gasteiger charge is 2.46. The minimum Gasteiger partial charge on any atom is -0.464 e. The number of hydrogen-bond acceptors (Lipinski definition) is 27. The monoisotopic (exact) mass is 1940 g/mol. The minimum atomic E-state index is -5.00. The fourth-order valence-electron chi connectivity index (χ4n) is 15.9. The summed E-state index contributed by atoms with van der Waals surface area (Å²) in [5, 5.41) is 24.2. The van der Waals surface area contributed by atoms with E-state index in [2.05, 4.69) is 47.9 Å². The van der Waals surface area contributed by atoms with E-state index in [0.29, 0.717) is 60.2 Å². The first kappa shape index (κ1) is 114. The van der Waals surface area contributed by atoms with E-state index in [1.807, 2.05) is 60.5 Å². The highest BCUT2D eigenvalue weighted by molar-refractivity contribution is 7.51. The SMILES string of the molecule is CC[C@H](C)[C@@H]([C@@H](CC(=O)N1CCC[C@H]1[C@H](OC)[C@@H](C)C(=O)N[C@H](C)[C@@H](OP(=O)(O)OCc1ccc(NC(=O)[C@H](CCCCN)NC(=O)[C@H](Cc2ccccc2)NC(=O)[C@H](CC(=O)N[C@H]2CCOC2=O)NC(=O)CCOCCOCCOCCOCCNC(=O)[C@H](CNC(=O)CCP(=O)(O)O)N2C(=O)C=CC2=O)cc1)c1ccccc1)OC)N(C)C(=O)[C@@H](NC(=O)[C@H](C(C)C)N(C)C)C(C)C. The standard InChI is InChI=1S/C91H140N14O28P2/c1-14-59(6)81(103(11)90(118)79(57(2)3)101-89(117)80(58(4)5)102(9)10)72(125-12)54-78(111)104-41-23-29-70(104)82(126-13)60(7)84(112)95-61(8)83(64-26-19-16-20-27-64)133-135(123,124)132-56-63-30-32-65(33-31-63)96-85(113)66(28-21-22-39-92)99-86(114)68(52-62-24-17-15-18-25-62)100-87(115)69(53-75(108)97-67-36-43-131-91(67)119)98-74(107)37-42-127-45-47-129-49-50-130-48-46-128-44-40-93-88(116)71(105-76(109)34-35-77(105)110)55-94-73(106)38-51-134(120,121)122/h15-20,24-27,30-35,57-61,66-72,79-83H,14,21-23,28-29,36-56,92H2,1-13H3,(H,93,116)(H,94,106)(H,95,112)(H,96,113)(H,97,108)(H,98,107)(H,99,114)(H,100,115)(H,101,117)(H,123,124)(H2,120,121,122)/t59-,60+,61+,66-,67-,68-,69-,70-,71-,72+,79-,80-,81-,82+,83+/m0/s1. The zero-order chi connectivity index (χ0) is 99.7. The first-order valence-electron chi connectivity index (χ1n) is 45.7. The molecule has 6 rings (SSSR count). The van der Waals surface area contributed by atoms with Gasteiger partial charge in [-0.25, -0.2) is 9.36 Å². The lowest BCUT2D eigenvalue weighted by atomic mass is 9.89. The van der Waals surface area contributed by atoms with Gasteiger partial charge in [0.2, 0.25) is 65.0 Å². The van der Waals surface area contributed by atoms with Crippen molar-refractivity contribution in [2.24, 2.45) is 29.4 Å². The largest absolute Gasteiger partial charge is 0.473 e. The van der Waals surface area contributed by atoms with Crippen LogP contribution in [0.15, 0.2) is 97.1 Å². The number of imide groups is 1. The van der Waals surface area contributed by atoms with Crippen LogP contribution in [0.1, 0.15) is 149 Å². The molecule has 0 spiro atoms. The second kappa shape index (κ2) is 58.0. The van der Waals surface area contributed by atoms with E-state index >= 15 is 0 Å². The van der Waals surface area contributed by atoms with Crippen LogP contribution in [0.2, 0.25) is 0 Å². The molecule has 13 amide bonds. The summed E-state index contributed by atoms with van der Waals surface area (Å²) in [7, 11) is -1.21. The molecule has 135 heavy (non-hydrogen) atoms. The van der Waals surface area contributed by atoms with Crippen LogP contribution in [-0.4, -0.2) is 317 Å². The molecule has 42 nitrogen and oxygen atoms in total. The maximum atomic E-state index is 14.7. The van der Waals surface area contributed by atoms with Gasteiger partial charge in [0.15, 0.2) is 0 Å². The van der Waals surface area contributed by atoms with Crippen LogP contribution >= 0.6 is 15.4 Å². The van der Waals surface area contributed by atoms with Gasteiger partial charge in [-0.1, -0.05) is 128 Å². The third-order valence-corrected chi connectivity index (χ3v) is 25.0. The number of likely N-dealkylation sites (tertiary alicyclic amines) is 1. The number of methoxy groups -OCH3 is 2. The number of phosphoric ester groups is 1. The van der Waals surface area contributed by atoms with Gasteiger partial charge in [0, 0.05) is 84.4 Å². The molecular weight excluding hydrogens is 1800 g/mol. The highest BCUT2D eigenvalue weighted by atomic mass is 31.2. The number of amides is 13. The summed E-state index contributed by atoms with van der Waals surface area (Å²) in [6, 6.07) is 12.8. The number of nitrogens with zero attached hydrogens (tertiary/aromatic N) is 4. The van der Waals surface area contributed by atoms with E-state index < -0.39 is 197 Å². The van der Waals surface area contributed by atoms with Crippen LogP contribution in [-0.2, 0) is 131 Å². The average molecular weight is 1940 g/mol. The van der Waals surface area contributed by atoms with E-state index in [9.17, 15) is 81.1 Å². The molecule has 0 saturated carbocycles. The molecular formula is C91H140N14O28P2. The van der Waals surface area contributed by atoms with Crippen LogP contribution in [0.25, 0.3) is 0 Å². The van der Waals surface area contributed by atoms with Gasteiger partial charge >= 0.3 is 21.4 Å². The Morgan fingerprint density at radius 2 is 1.22 bits per heavy atom. The molecule has 752 valence electrons. The number of phosphoric acid groups is 1. The maximum absolute atomic E-state index is 14.7. The zero-order valence-electron chi connectivity index (χ0n) is 79.5. The number of cyclic esters (lactones) is 1. The minimum absolute atomic E-state index is 0.0122. The molecule has 1 unspecified atom stereocenters. The van der Waals surface area contributed by atoms with Gasteiger partial charge in [-0.05, 0) is 106 Å². The third-order valence-electron chi connectivity index (χ3n) is 23.3. The number of nitrogens with one attached hydrogen (secondary N) is 9. The van der Waals surface area contributed by atoms with E-state index in [0.717, 1.165) is 12.2 Å². The number of ether oxygens (including phenoxy) is 7. The average Bonchev–Trinajstić information content (AvgIpc) is 1.78. The predicted molar refractivity (Wildman–Crippen MR) is 494 cm³/mol. The molecule has 0 radical (unpaired) electrons. The van der Waals surface area contributed by atoms with Crippen molar-refractivity contribution < 1.29 is 133 Å². The van der Waals surface area contributed by atoms with Crippen LogP contribution in [0.5, 0.6) is 0 Å². The summed E-state index contributed by atoms with van der Waals surface area (Å²) < 4.78 is 76.1. The molecule has 16 atom stereocenters. The van der Waals surface area contributed by atoms with Gasteiger partial charge in [-0.2, -0.15) is 0 Å². The van der Waals surface area contributed by atoms with Crippen molar-refractivity contribution in [3.63, 3.8) is 0 Å². The third kappa shape index (κ3) is 38.2. The topological polar surface area (TPSA) is 564 Å². The number of benzene rings is 3. The van der Waals surface area contributed by atoms with Crippen LogP contribution in [0, 0.1) is 23.7 Å². The highest BCUT2D eigenvalue weighted by Crippen LogP contribution is 2.50. The molecule has 14 N–H and O–H groups in total. The second-order valence-corrected chi connectivity index (χ2v) is 37.6. The van der Waals surface area contributed by atoms with Crippen molar-refractivity contribution in [2.45, 2.75) is 218 Å². The normalized spacial score (nSPS) is 17.8. The predicted octanol–water partition coefficient (Wildman–Crippen LogP) is 2.35. The lowest BCUT2D eigenvalue weighted by Gasteiger charge is -2.41. The van der Waals surface area contributed by atoms with E-state index in [1.165, 1.54) is 38.5 Å². The first-order valence-corrected chi connectivity index (χ1v) is 49.0. The van der Waals surface area contributed by atoms with E-state index in [-0.39, 0.29) is 146 Å². The molecule has 44 heteroatoms. The first-order chi connectivity index (χ1) is 64.1.